The van der Waals surface area contributed by atoms with E-state index in [2.05, 4.69) is 34.1 Å². The fourth-order valence-electron chi connectivity index (χ4n) is 2.70. The molecule has 1 saturated carbocycles. The molecule has 4 heteroatoms. The van der Waals surface area contributed by atoms with Crippen LogP contribution in [0.25, 0.3) is 11.2 Å². The summed E-state index contributed by atoms with van der Waals surface area (Å²) >= 11 is 0. The Hall–Kier alpha value is -1.71. The minimum Gasteiger partial charge on any atom is -0.367 e. The summed E-state index contributed by atoms with van der Waals surface area (Å²) in [6, 6.07) is 4.49. The van der Waals surface area contributed by atoms with E-state index in [-0.39, 0.29) is 0 Å². The molecule has 0 spiro atoms. The molecule has 0 aromatic carbocycles. The summed E-state index contributed by atoms with van der Waals surface area (Å²) in [6.45, 7) is 4.65. The van der Waals surface area contributed by atoms with Crippen molar-refractivity contribution in [3.63, 3.8) is 0 Å². The second-order valence-electron chi connectivity index (χ2n) is 5.84. The van der Waals surface area contributed by atoms with E-state index in [1.165, 1.54) is 19.3 Å². The highest BCUT2D eigenvalue weighted by atomic mass is 15.0. The molecular weight excluding hydrogens is 224 g/mol. The second kappa shape index (κ2) is 4.19. The minimum absolute atomic E-state index is 0.453. The summed E-state index contributed by atoms with van der Waals surface area (Å²) in [7, 11) is 0. The number of aromatic nitrogens is 3. The standard InChI is InChI=1S/C14H18N4/c1-14(2)6-5-10(9-14)17-12-4-3-11-13(18-12)16-8-7-15-11/h3-4,7-8,10H,5-6,9H2,1-2H3,(H,16,17,18). The maximum atomic E-state index is 4.50. The van der Waals surface area contributed by atoms with E-state index in [4.69, 9.17) is 0 Å². The zero-order valence-corrected chi connectivity index (χ0v) is 10.8. The van der Waals surface area contributed by atoms with Crippen molar-refractivity contribution in [3.05, 3.63) is 24.5 Å². The maximum Gasteiger partial charge on any atom is 0.180 e. The number of nitrogens with one attached hydrogen (secondary N) is 1. The Kier molecular flexibility index (Phi) is 2.65. The Labute approximate surface area is 107 Å². The summed E-state index contributed by atoms with van der Waals surface area (Å²) in [4.78, 5) is 13.0. The van der Waals surface area contributed by atoms with Gasteiger partial charge in [0.2, 0.25) is 0 Å². The quantitative estimate of drug-likeness (QED) is 0.879. The van der Waals surface area contributed by atoms with Crippen LogP contribution in [0.2, 0.25) is 0 Å². The zero-order chi connectivity index (χ0) is 12.6. The molecule has 3 rings (SSSR count). The third-order valence-corrected chi connectivity index (χ3v) is 3.65. The summed E-state index contributed by atoms with van der Waals surface area (Å²) < 4.78 is 0. The normalized spacial score (nSPS) is 22.2. The van der Waals surface area contributed by atoms with Crippen molar-refractivity contribution >= 4 is 17.0 Å². The number of nitrogens with zero attached hydrogens (tertiary/aromatic N) is 3. The van der Waals surface area contributed by atoms with Crippen molar-refractivity contribution in [3.8, 4) is 0 Å². The molecule has 0 bridgehead atoms. The van der Waals surface area contributed by atoms with Gasteiger partial charge in [0.25, 0.3) is 0 Å². The van der Waals surface area contributed by atoms with Crippen LogP contribution in [-0.2, 0) is 0 Å². The first-order chi connectivity index (χ1) is 8.62. The van der Waals surface area contributed by atoms with E-state index < -0.39 is 0 Å². The fraction of sp³-hybridized carbons (Fsp3) is 0.500. The van der Waals surface area contributed by atoms with Crippen molar-refractivity contribution in [1.82, 2.24) is 15.0 Å². The largest absolute Gasteiger partial charge is 0.367 e. The molecule has 2 heterocycles. The molecule has 0 radical (unpaired) electrons. The molecule has 94 valence electrons. The van der Waals surface area contributed by atoms with E-state index >= 15 is 0 Å². The SMILES string of the molecule is CC1(C)CCC(Nc2ccc3nccnc3n2)C1. The van der Waals surface area contributed by atoms with Crippen molar-refractivity contribution < 1.29 is 0 Å². The first-order valence-electron chi connectivity index (χ1n) is 6.47. The molecule has 18 heavy (non-hydrogen) atoms. The summed E-state index contributed by atoms with van der Waals surface area (Å²) in [5.74, 6) is 0.908. The molecule has 1 unspecified atom stereocenters. The van der Waals surface area contributed by atoms with Gasteiger partial charge in [0.1, 0.15) is 11.3 Å². The zero-order valence-electron chi connectivity index (χ0n) is 10.8. The molecular formula is C14H18N4. The predicted octanol–water partition coefficient (Wildman–Crippen LogP) is 3.02. The Balaban J connectivity index is 1.79. The predicted molar refractivity (Wildman–Crippen MR) is 72.4 cm³/mol. The smallest absolute Gasteiger partial charge is 0.180 e. The van der Waals surface area contributed by atoms with Crippen LogP contribution in [0.5, 0.6) is 0 Å². The van der Waals surface area contributed by atoms with Gasteiger partial charge in [-0.1, -0.05) is 13.8 Å². The second-order valence-corrected chi connectivity index (χ2v) is 5.84. The number of anilines is 1. The van der Waals surface area contributed by atoms with Gasteiger partial charge in [0, 0.05) is 18.4 Å². The van der Waals surface area contributed by atoms with Crippen LogP contribution in [0.15, 0.2) is 24.5 Å². The molecule has 1 N–H and O–H groups in total. The fourth-order valence-corrected chi connectivity index (χ4v) is 2.70. The Morgan fingerprint density at radius 1 is 1.22 bits per heavy atom. The van der Waals surface area contributed by atoms with Gasteiger partial charge in [-0.15, -0.1) is 0 Å². The third kappa shape index (κ3) is 2.28. The first kappa shape index (κ1) is 11.4. The third-order valence-electron chi connectivity index (χ3n) is 3.65. The molecule has 1 aliphatic rings. The average Bonchev–Trinajstić information content (AvgIpc) is 2.68. The number of rotatable bonds is 2. The lowest BCUT2D eigenvalue weighted by atomic mass is 9.92. The van der Waals surface area contributed by atoms with E-state index in [1.807, 2.05) is 12.1 Å². The van der Waals surface area contributed by atoms with Gasteiger partial charge < -0.3 is 5.32 Å². The number of fused-ring (bicyclic) bond motifs is 1. The van der Waals surface area contributed by atoms with E-state index in [1.54, 1.807) is 12.4 Å². The van der Waals surface area contributed by atoms with Crippen LogP contribution < -0.4 is 5.32 Å². The van der Waals surface area contributed by atoms with Crippen molar-refractivity contribution in [2.45, 2.75) is 39.2 Å². The summed E-state index contributed by atoms with van der Waals surface area (Å²) in [5, 5.41) is 3.51. The lowest BCUT2D eigenvalue weighted by molar-refractivity contribution is 0.378. The van der Waals surface area contributed by atoms with Crippen molar-refractivity contribution in [2.24, 2.45) is 5.41 Å². The Bertz CT molecular complexity index is 564. The van der Waals surface area contributed by atoms with Crippen LogP contribution in [0.3, 0.4) is 0 Å². The van der Waals surface area contributed by atoms with Crippen molar-refractivity contribution in [2.75, 3.05) is 5.32 Å². The highest BCUT2D eigenvalue weighted by Crippen LogP contribution is 2.38. The monoisotopic (exact) mass is 242 g/mol. The van der Waals surface area contributed by atoms with Crippen LogP contribution >= 0.6 is 0 Å². The van der Waals surface area contributed by atoms with Gasteiger partial charge in [-0.25, -0.2) is 9.97 Å². The topological polar surface area (TPSA) is 50.7 Å². The van der Waals surface area contributed by atoms with Gasteiger partial charge >= 0.3 is 0 Å². The van der Waals surface area contributed by atoms with Crippen LogP contribution in [0.4, 0.5) is 5.82 Å². The number of pyridine rings is 1. The van der Waals surface area contributed by atoms with Crippen LogP contribution in [0.1, 0.15) is 33.1 Å². The lowest BCUT2D eigenvalue weighted by Crippen LogP contribution is -2.18. The lowest BCUT2D eigenvalue weighted by Gasteiger charge is -2.18. The molecule has 1 atom stereocenters. The number of hydrogen-bond acceptors (Lipinski definition) is 4. The molecule has 2 aromatic rings. The van der Waals surface area contributed by atoms with Gasteiger partial charge in [-0.3, -0.25) is 4.98 Å². The molecule has 1 aliphatic carbocycles. The van der Waals surface area contributed by atoms with Crippen LogP contribution in [0, 0.1) is 5.41 Å². The average molecular weight is 242 g/mol. The van der Waals surface area contributed by atoms with E-state index in [9.17, 15) is 0 Å². The van der Waals surface area contributed by atoms with Crippen molar-refractivity contribution in [1.29, 1.82) is 0 Å². The Morgan fingerprint density at radius 3 is 2.83 bits per heavy atom. The van der Waals surface area contributed by atoms with E-state index in [0.717, 1.165) is 11.3 Å². The molecule has 0 amide bonds. The summed E-state index contributed by atoms with van der Waals surface area (Å²) in [5.41, 5.74) is 2.00. The molecule has 0 aliphatic heterocycles. The molecule has 4 nitrogen and oxygen atoms in total. The molecule has 1 fully saturated rings. The maximum absolute atomic E-state index is 4.50. The minimum atomic E-state index is 0.453. The van der Waals surface area contributed by atoms with E-state index in [0.29, 0.717) is 17.1 Å². The van der Waals surface area contributed by atoms with Gasteiger partial charge in [0.15, 0.2) is 5.65 Å². The Morgan fingerprint density at radius 2 is 2.06 bits per heavy atom. The van der Waals surface area contributed by atoms with Gasteiger partial charge in [-0.05, 0) is 36.8 Å². The molecule has 2 aromatic heterocycles. The summed E-state index contributed by atoms with van der Waals surface area (Å²) in [6.07, 6.45) is 7.06. The highest BCUT2D eigenvalue weighted by molar-refractivity contribution is 5.71. The van der Waals surface area contributed by atoms with Crippen LogP contribution in [-0.4, -0.2) is 21.0 Å². The molecule has 0 saturated heterocycles. The first-order valence-corrected chi connectivity index (χ1v) is 6.47. The van der Waals surface area contributed by atoms with Gasteiger partial charge in [-0.2, -0.15) is 0 Å². The van der Waals surface area contributed by atoms with Gasteiger partial charge in [0.05, 0.1) is 0 Å². The number of hydrogen-bond donors (Lipinski definition) is 1. The highest BCUT2D eigenvalue weighted by Gasteiger charge is 2.30.